The van der Waals surface area contributed by atoms with Crippen molar-refractivity contribution in [3.63, 3.8) is 0 Å². The van der Waals surface area contributed by atoms with Gasteiger partial charge >= 0.3 is 11.7 Å². The normalized spacial score (nSPS) is 22.3. The summed E-state index contributed by atoms with van der Waals surface area (Å²) in [6.45, 7) is 2.72. The summed E-state index contributed by atoms with van der Waals surface area (Å²) in [6.07, 6.45) is -2.06. The maximum atomic E-state index is 12.9. The number of carbonyl (C=O) groups is 1. The minimum Gasteiger partial charge on any atom is -0.455 e. The Bertz CT molecular complexity index is 1440. The number of esters is 1. The number of carbonyl (C=O) groups excluding carboxylic acids is 1. The fourth-order valence-electron chi connectivity index (χ4n) is 4.49. The van der Waals surface area contributed by atoms with Crippen LogP contribution in [0.4, 0.5) is 0 Å². The zero-order valence-electron chi connectivity index (χ0n) is 21.6. The predicted octanol–water partition coefficient (Wildman–Crippen LogP) is 3.16. The molecular weight excluding hydrogens is 506 g/mol. The van der Waals surface area contributed by atoms with E-state index >= 15 is 0 Å². The molecule has 4 rings (SSSR count). The monoisotopic (exact) mass is 535 g/mol. The van der Waals surface area contributed by atoms with E-state index in [1.54, 1.807) is 0 Å². The van der Waals surface area contributed by atoms with E-state index in [1.165, 1.54) is 20.0 Å². The second kappa shape index (κ2) is 12.5. The molecule has 0 spiro atoms. The van der Waals surface area contributed by atoms with Crippen LogP contribution in [0.25, 0.3) is 10.4 Å². The molecule has 12 heteroatoms. The molecule has 1 N–H and O–H groups in total. The number of rotatable bonds is 11. The Morgan fingerprint density at radius 1 is 1.10 bits per heavy atom. The number of aromatic nitrogens is 2. The first-order valence-electron chi connectivity index (χ1n) is 12.3. The van der Waals surface area contributed by atoms with E-state index in [0.717, 1.165) is 15.7 Å². The minimum atomic E-state index is -1.45. The summed E-state index contributed by atoms with van der Waals surface area (Å²) in [5.41, 5.74) is 8.39. The smallest absolute Gasteiger partial charge is 0.330 e. The summed E-state index contributed by atoms with van der Waals surface area (Å²) >= 11 is 0. The molecule has 1 unspecified atom stereocenters. The molecule has 0 saturated carbocycles. The van der Waals surface area contributed by atoms with E-state index in [-0.39, 0.29) is 31.9 Å². The summed E-state index contributed by atoms with van der Waals surface area (Å²) in [5, 5.41) is 3.76. The summed E-state index contributed by atoms with van der Waals surface area (Å²) in [5.74, 6) is -0.638. The molecule has 1 aromatic heterocycles. The van der Waals surface area contributed by atoms with Crippen molar-refractivity contribution in [1.29, 1.82) is 0 Å². The molecule has 3 aromatic rings. The number of benzene rings is 2. The number of ether oxygens (including phenoxy) is 4. The molecule has 12 nitrogen and oxygen atoms in total. The van der Waals surface area contributed by atoms with E-state index in [1.807, 2.05) is 60.7 Å². The van der Waals surface area contributed by atoms with Crippen LogP contribution < -0.4 is 11.2 Å². The van der Waals surface area contributed by atoms with Crippen LogP contribution in [0.1, 0.15) is 29.8 Å². The van der Waals surface area contributed by atoms with Gasteiger partial charge in [-0.3, -0.25) is 19.1 Å². The number of hydrogen-bond donors (Lipinski definition) is 1. The first-order chi connectivity index (χ1) is 18.8. The Balaban J connectivity index is 1.76. The van der Waals surface area contributed by atoms with E-state index in [9.17, 15) is 19.9 Å². The SMILES string of the molecule is CC(=O)O[C@@H]1[C@H](n2cc(C)c(=O)[nH]c2=O)OC(CN=[N+]=[N-])(COCc2ccccc2)[C@@H]1OCc1ccccc1. The van der Waals surface area contributed by atoms with E-state index in [4.69, 9.17) is 18.9 Å². The Morgan fingerprint density at radius 3 is 2.36 bits per heavy atom. The topological polar surface area (TPSA) is 158 Å². The van der Waals surface area contributed by atoms with Crippen LogP contribution >= 0.6 is 0 Å². The van der Waals surface area contributed by atoms with Gasteiger partial charge in [0, 0.05) is 23.6 Å². The van der Waals surface area contributed by atoms with Crippen molar-refractivity contribution < 1.29 is 23.7 Å². The summed E-state index contributed by atoms with van der Waals surface area (Å²) in [4.78, 5) is 42.3. The number of aryl methyl sites for hydroxylation is 1. The fourth-order valence-corrected chi connectivity index (χ4v) is 4.49. The molecule has 2 aromatic carbocycles. The van der Waals surface area contributed by atoms with Gasteiger partial charge < -0.3 is 18.9 Å². The van der Waals surface area contributed by atoms with Crippen molar-refractivity contribution in [2.24, 2.45) is 5.11 Å². The second-order valence-corrected chi connectivity index (χ2v) is 9.21. The molecule has 0 aliphatic carbocycles. The maximum absolute atomic E-state index is 12.9. The summed E-state index contributed by atoms with van der Waals surface area (Å²) in [6, 6.07) is 18.7. The zero-order chi connectivity index (χ0) is 27.8. The summed E-state index contributed by atoms with van der Waals surface area (Å²) < 4.78 is 25.6. The number of nitrogens with one attached hydrogen (secondary N) is 1. The maximum Gasteiger partial charge on any atom is 0.330 e. The molecule has 204 valence electrons. The number of hydrogen-bond acceptors (Lipinski definition) is 8. The molecule has 1 aliphatic heterocycles. The zero-order valence-corrected chi connectivity index (χ0v) is 21.6. The van der Waals surface area contributed by atoms with Crippen molar-refractivity contribution in [2.45, 2.75) is 51.1 Å². The first-order valence-corrected chi connectivity index (χ1v) is 12.3. The average molecular weight is 536 g/mol. The van der Waals surface area contributed by atoms with Gasteiger partial charge in [-0.05, 0) is 23.6 Å². The van der Waals surface area contributed by atoms with Gasteiger partial charge in [0.1, 0.15) is 11.7 Å². The molecule has 1 aliphatic rings. The Morgan fingerprint density at radius 2 is 1.74 bits per heavy atom. The van der Waals surface area contributed by atoms with Gasteiger partial charge in [0.2, 0.25) is 0 Å². The lowest BCUT2D eigenvalue weighted by molar-refractivity contribution is -0.159. The van der Waals surface area contributed by atoms with Crippen molar-refractivity contribution in [2.75, 3.05) is 13.2 Å². The van der Waals surface area contributed by atoms with Crippen LogP contribution in [0.2, 0.25) is 0 Å². The minimum absolute atomic E-state index is 0.107. The van der Waals surface area contributed by atoms with Gasteiger partial charge in [-0.25, -0.2) is 4.79 Å². The van der Waals surface area contributed by atoms with Gasteiger partial charge in [0.15, 0.2) is 12.3 Å². The molecule has 1 fully saturated rings. The molecule has 2 heterocycles. The third-order valence-corrected chi connectivity index (χ3v) is 6.31. The van der Waals surface area contributed by atoms with Crippen LogP contribution in [-0.2, 0) is 37.0 Å². The average Bonchev–Trinajstić information content (AvgIpc) is 3.21. The highest BCUT2D eigenvalue weighted by Gasteiger charge is 2.58. The molecular formula is C27H29N5O7. The van der Waals surface area contributed by atoms with Crippen LogP contribution in [-0.4, -0.2) is 46.5 Å². The highest BCUT2D eigenvalue weighted by Crippen LogP contribution is 2.42. The molecule has 0 radical (unpaired) electrons. The van der Waals surface area contributed by atoms with Crippen molar-refractivity contribution in [3.05, 3.63) is 115 Å². The van der Waals surface area contributed by atoms with Crippen molar-refractivity contribution >= 4 is 5.97 Å². The van der Waals surface area contributed by atoms with Gasteiger partial charge in [-0.2, -0.15) is 0 Å². The molecule has 39 heavy (non-hydrogen) atoms. The molecule has 4 atom stereocenters. The predicted molar refractivity (Wildman–Crippen MR) is 140 cm³/mol. The lowest BCUT2D eigenvalue weighted by Crippen LogP contribution is -2.51. The van der Waals surface area contributed by atoms with E-state index in [0.29, 0.717) is 0 Å². The van der Waals surface area contributed by atoms with Gasteiger partial charge in [0.25, 0.3) is 5.56 Å². The third-order valence-electron chi connectivity index (χ3n) is 6.31. The summed E-state index contributed by atoms with van der Waals surface area (Å²) in [7, 11) is 0. The lowest BCUT2D eigenvalue weighted by atomic mass is 9.95. The third kappa shape index (κ3) is 6.62. The number of aromatic amines is 1. The largest absolute Gasteiger partial charge is 0.455 e. The van der Waals surface area contributed by atoms with E-state index in [2.05, 4.69) is 15.0 Å². The first kappa shape index (κ1) is 27.8. The fraction of sp³-hybridized carbons (Fsp3) is 0.370. The highest BCUT2D eigenvalue weighted by molar-refractivity contribution is 5.66. The van der Waals surface area contributed by atoms with Gasteiger partial charge in [-0.15, -0.1) is 0 Å². The van der Waals surface area contributed by atoms with Crippen LogP contribution in [0.5, 0.6) is 0 Å². The Kier molecular flexibility index (Phi) is 8.95. The van der Waals surface area contributed by atoms with Crippen LogP contribution in [0.3, 0.4) is 0 Å². The van der Waals surface area contributed by atoms with Gasteiger partial charge in [0.05, 0.1) is 26.4 Å². The van der Waals surface area contributed by atoms with Crippen molar-refractivity contribution in [1.82, 2.24) is 9.55 Å². The van der Waals surface area contributed by atoms with Crippen LogP contribution in [0.15, 0.2) is 81.6 Å². The number of nitrogens with zero attached hydrogens (tertiary/aromatic N) is 4. The quantitative estimate of drug-likeness (QED) is 0.171. The highest BCUT2D eigenvalue weighted by atomic mass is 16.6. The molecule has 0 amide bonds. The molecule has 0 bridgehead atoms. The lowest BCUT2D eigenvalue weighted by Gasteiger charge is -2.33. The number of azide groups is 1. The van der Waals surface area contributed by atoms with Crippen molar-refractivity contribution in [3.8, 4) is 0 Å². The standard InChI is InChI=1S/C27H29N5O7/c1-18-13-32(26(35)30-24(18)34)25-22(38-19(2)33)23(37-15-21-11-7-4-8-12-21)27(39-25,16-29-31-28)17-36-14-20-9-5-3-6-10-20/h3-13,22-23,25H,14-17H2,1-2H3,(H,30,34,35)/t22-,23+,25+,27?/m0/s1. The van der Waals surface area contributed by atoms with E-state index < -0.39 is 41.3 Å². The van der Waals surface area contributed by atoms with Gasteiger partial charge in [-0.1, -0.05) is 65.8 Å². The number of H-pyrrole nitrogens is 1. The Hall–Kier alpha value is -4.22. The second-order valence-electron chi connectivity index (χ2n) is 9.21. The van der Waals surface area contributed by atoms with Crippen LogP contribution in [0, 0.1) is 6.92 Å². The Labute approximate surface area is 223 Å². The molecule has 1 saturated heterocycles.